The fourth-order valence-corrected chi connectivity index (χ4v) is 8.62. The van der Waals surface area contributed by atoms with Gasteiger partial charge in [0.2, 0.25) is 0 Å². The average molecular weight is 677 g/mol. The second-order valence-electron chi connectivity index (χ2n) is 13.9. The van der Waals surface area contributed by atoms with Gasteiger partial charge in [-0.25, -0.2) is 0 Å². The van der Waals surface area contributed by atoms with Crippen molar-refractivity contribution < 1.29 is 0 Å². The number of benzene rings is 9. The number of fused-ring (bicyclic) bond motifs is 5. The van der Waals surface area contributed by atoms with Crippen LogP contribution in [0.1, 0.15) is 11.3 Å². The van der Waals surface area contributed by atoms with E-state index in [1.165, 1.54) is 87.4 Å². The van der Waals surface area contributed by atoms with Crippen molar-refractivity contribution >= 4 is 60.1 Å². The molecule has 0 aliphatic rings. The molecule has 0 spiro atoms. The van der Waals surface area contributed by atoms with Gasteiger partial charge in [0, 0.05) is 11.1 Å². The number of rotatable bonds is 5. The van der Waals surface area contributed by atoms with E-state index in [1.54, 1.807) is 6.20 Å². The number of nitrogens with zero attached hydrogens (tertiary/aromatic N) is 1. The Morgan fingerprint density at radius 3 is 1.66 bits per heavy atom. The van der Waals surface area contributed by atoms with Crippen LogP contribution in [0.5, 0.6) is 0 Å². The molecule has 0 amide bonds. The first-order chi connectivity index (χ1) is 26.2. The fourth-order valence-electron chi connectivity index (χ4n) is 8.62. The third kappa shape index (κ3) is 4.87. The Hall–Kier alpha value is -6.90. The van der Waals surface area contributed by atoms with E-state index in [4.69, 9.17) is 5.73 Å². The maximum atomic E-state index is 5.98. The van der Waals surface area contributed by atoms with Crippen molar-refractivity contribution in [3.8, 4) is 39.1 Å². The summed E-state index contributed by atoms with van der Waals surface area (Å²) < 4.78 is 2.30. The summed E-state index contributed by atoms with van der Waals surface area (Å²) in [6, 6.07) is 64.3. The lowest BCUT2D eigenvalue weighted by molar-refractivity contribution is 1.10. The fraction of sp³-hybridized carbons (Fsp3) is 0.0196. The predicted octanol–water partition coefficient (Wildman–Crippen LogP) is 13.5. The Morgan fingerprint density at radius 2 is 0.981 bits per heavy atom. The molecular formula is C51H36N2. The predicted molar refractivity (Wildman–Crippen MR) is 228 cm³/mol. The summed E-state index contributed by atoms with van der Waals surface area (Å²) in [4.78, 5) is 0. The van der Waals surface area contributed by atoms with Gasteiger partial charge in [-0.1, -0.05) is 146 Å². The van der Waals surface area contributed by atoms with Gasteiger partial charge in [-0.15, -0.1) is 0 Å². The van der Waals surface area contributed by atoms with Crippen molar-refractivity contribution in [1.82, 2.24) is 4.57 Å². The molecule has 2 N–H and O–H groups in total. The van der Waals surface area contributed by atoms with E-state index in [-0.39, 0.29) is 0 Å². The molecule has 0 aliphatic carbocycles. The molecule has 0 bridgehead atoms. The largest absolute Gasteiger partial charge is 0.405 e. The summed E-state index contributed by atoms with van der Waals surface area (Å²) in [5.41, 5.74) is 18.0. The van der Waals surface area contributed by atoms with Gasteiger partial charge in [-0.2, -0.15) is 0 Å². The Kier molecular flexibility index (Phi) is 7.23. The first-order valence-electron chi connectivity index (χ1n) is 18.2. The van der Waals surface area contributed by atoms with Gasteiger partial charge in [-0.05, 0) is 132 Å². The van der Waals surface area contributed by atoms with Crippen molar-refractivity contribution in [2.45, 2.75) is 6.92 Å². The van der Waals surface area contributed by atoms with Gasteiger partial charge >= 0.3 is 0 Å². The molecule has 2 heteroatoms. The van der Waals surface area contributed by atoms with Crippen molar-refractivity contribution in [1.29, 1.82) is 0 Å². The first kappa shape index (κ1) is 30.9. The normalized spacial score (nSPS) is 11.9. The quantitative estimate of drug-likeness (QED) is 0.181. The van der Waals surface area contributed by atoms with Crippen molar-refractivity contribution in [2.24, 2.45) is 5.73 Å². The second kappa shape index (κ2) is 12.4. The summed E-state index contributed by atoms with van der Waals surface area (Å²) >= 11 is 0. The number of hydrogen-bond donors (Lipinski definition) is 1. The molecule has 10 aromatic rings. The Bertz CT molecular complexity index is 3020. The number of nitrogens with two attached hydrogens (primary N) is 1. The van der Waals surface area contributed by atoms with E-state index < -0.39 is 0 Å². The molecule has 0 unspecified atom stereocenters. The summed E-state index contributed by atoms with van der Waals surface area (Å²) in [5.74, 6) is 0. The monoisotopic (exact) mass is 676 g/mol. The number of aromatic nitrogens is 1. The van der Waals surface area contributed by atoms with Gasteiger partial charge < -0.3 is 10.3 Å². The lowest BCUT2D eigenvalue weighted by atomic mass is 9.83. The van der Waals surface area contributed by atoms with Crippen LogP contribution in [0.15, 0.2) is 182 Å². The highest BCUT2D eigenvalue weighted by atomic mass is 15.0. The Labute approximate surface area is 308 Å². The molecule has 10 rings (SSSR count). The lowest BCUT2D eigenvalue weighted by Crippen LogP contribution is -1.97. The second-order valence-corrected chi connectivity index (χ2v) is 13.9. The van der Waals surface area contributed by atoms with Crippen LogP contribution in [0.2, 0.25) is 0 Å². The molecule has 0 fully saturated rings. The maximum Gasteiger partial charge on any atom is 0.0538 e. The minimum absolute atomic E-state index is 1.09. The zero-order valence-electron chi connectivity index (χ0n) is 29.4. The van der Waals surface area contributed by atoms with Gasteiger partial charge in [0.25, 0.3) is 0 Å². The first-order valence-corrected chi connectivity index (χ1v) is 18.2. The third-order valence-electron chi connectivity index (χ3n) is 11.0. The van der Waals surface area contributed by atoms with E-state index in [9.17, 15) is 0 Å². The molecule has 1 aromatic heterocycles. The molecule has 53 heavy (non-hydrogen) atoms. The summed E-state index contributed by atoms with van der Waals surface area (Å²) in [6.45, 7) is 2.19. The number of aryl methyl sites for hydroxylation is 1. The molecular weight excluding hydrogens is 641 g/mol. The maximum absolute atomic E-state index is 5.98. The molecule has 0 radical (unpaired) electrons. The highest BCUT2D eigenvalue weighted by Gasteiger charge is 2.20. The molecule has 250 valence electrons. The lowest BCUT2D eigenvalue weighted by Gasteiger charge is -2.20. The van der Waals surface area contributed by atoms with E-state index >= 15 is 0 Å². The zero-order valence-corrected chi connectivity index (χ0v) is 29.4. The Morgan fingerprint density at radius 1 is 0.434 bits per heavy atom. The Balaban J connectivity index is 1.20. The highest BCUT2D eigenvalue weighted by molar-refractivity contribution is 6.24. The van der Waals surface area contributed by atoms with Crippen LogP contribution in [-0.4, -0.2) is 4.57 Å². The summed E-state index contributed by atoms with van der Waals surface area (Å²) in [5, 5.41) is 11.2. The van der Waals surface area contributed by atoms with E-state index in [2.05, 4.69) is 187 Å². The van der Waals surface area contributed by atoms with Gasteiger partial charge in [0.05, 0.1) is 11.2 Å². The molecule has 0 saturated heterocycles. The highest BCUT2D eigenvalue weighted by Crippen LogP contribution is 2.47. The molecule has 2 nitrogen and oxygen atoms in total. The summed E-state index contributed by atoms with van der Waals surface area (Å²) in [7, 11) is 0. The topological polar surface area (TPSA) is 30.9 Å². The van der Waals surface area contributed by atoms with E-state index in [1.807, 2.05) is 6.08 Å². The molecule has 1 heterocycles. The summed E-state index contributed by atoms with van der Waals surface area (Å²) in [6.07, 6.45) is 3.64. The van der Waals surface area contributed by atoms with Crippen LogP contribution < -0.4 is 5.73 Å². The van der Waals surface area contributed by atoms with Crippen molar-refractivity contribution in [3.63, 3.8) is 0 Å². The van der Waals surface area contributed by atoms with Crippen LogP contribution in [0.25, 0.3) is 99.1 Å². The average Bonchev–Trinajstić information content (AvgIpc) is 3.49. The van der Waals surface area contributed by atoms with Crippen molar-refractivity contribution in [3.05, 3.63) is 193 Å². The van der Waals surface area contributed by atoms with E-state index in [0.29, 0.717) is 0 Å². The zero-order chi connectivity index (χ0) is 35.5. The SMILES string of the molecule is Cc1c(/C=C\N)n(-c2ccccc2)c2ccc(-c3ccc(-c4c5ccccc5c(-c5ccc6ccccc6c5)c5ccccc45)c4ccccc34)cc12. The van der Waals surface area contributed by atoms with E-state index in [0.717, 1.165) is 16.9 Å². The third-order valence-corrected chi connectivity index (χ3v) is 11.0. The number of para-hydroxylation sites is 1. The van der Waals surface area contributed by atoms with Crippen LogP contribution in [-0.2, 0) is 0 Å². The minimum Gasteiger partial charge on any atom is -0.405 e. The molecule has 0 saturated carbocycles. The van der Waals surface area contributed by atoms with Gasteiger partial charge in [0.15, 0.2) is 0 Å². The molecule has 0 atom stereocenters. The van der Waals surface area contributed by atoms with Gasteiger partial charge in [0.1, 0.15) is 0 Å². The molecule has 0 aliphatic heterocycles. The number of hydrogen-bond acceptors (Lipinski definition) is 1. The van der Waals surface area contributed by atoms with Gasteiger partial charge in [-0.3, -0.25) is 0 Å². The van der Waals surface area contributed by atoms with Crippen LogP contribution in [0.4, 0.5) is 0 Å². The smallest absolute Gasteiger partial charge is 0.0538 e. The minimum atomic E-state index is 1.09. The van der Waals surface area contributed by atoms with Crippen LogP contribution >= 0.6 is 0 Å². The molecule has 9 aromatic carbocycles. The standard InChI is InChI=1S/C51H36N2/c1-33-47-32-36(25-28-49(47)53(48(33)29-30-52)38-15-3-2-4-16-38)39-26-27-46(41-18-8-7-17-40(39)41)51-44-21-11-9-19-42(44)50(43-20-10-12-22-45(43)51)37-24-23-34-13-5-6-14-35(34)31-37/h2-32H,52H2,1H3/b30-29-. The van der Waals surface area contributed by atoms with Crippen LogP contribution in [0, 0.1) is 6.92 Å². The van der Waals surface area contributed by atoms with Crippen LogP contribution in [0.3, 0.4) is 0 Å². The van der Waals surface area contributed by atoms with Crippen molar-refractivity contribution in [2.75, 3.05) is 0 Å².